The Morgan fingerprint density at radius 1 is 1.23 bits per heavy atom. The maximum atomic E-state index is 5.82. The van der Waals surface area contributed by atoms with E-state index in [1.54, 1.807) is 0 Å². The van der Waals surface area contributed by atoms with Gasteiger partial charge in [-0.15, -0.1) is 12.4 Å². The summed E-state index contributed by atoms with van der Waals surface area (Å²) in [4.78, 5) is 0. The van der Waals surface area contributed by atoms with Gasteiger partial charge in [-0.05, 0) is 13.0 Å². The van der Waals surface area contributed by atoms with Crippen LogP contribution in [0.25, 0.3) is 0 Å². The first-order valence-electron chi connectivity index (χ1n) is 4.79. The maximum absolute atomic E-state index is 5.82. The number of ether oxygens (including phenoxy) is 2. The van der Waals surface area contributed by atoms with E-state index in [4.69, 9.17) is 15.2 Å². The summed E-state index contributed by atoms with van der Waals surface area (Å²) in [5, 5.41) is 0. The van der Waals surface area contributed by atoms with Crippen LogP contribution in [0.2, 0.25) is 0 Å². The fourth-order valence-electron chi connectivity index (χ4n) is 2.39. The van der Waals surface area contributed by atoms with Crippen LogP contribution in [0.5, 0.6) is 0 Å². The fraction of sp³-hybridized carbons (Fsp3) is 1.00. The van der Waals surface area contributed by atoms with E-state index in [9.17, 15) is 0 Å². The Labute approximate surface area is 85.4 Å². The molecule has 3 nitrogen and oxygen atoms in total. The Morgan fingerprint density at radius 2 is 1.92 bits per heavy atom. The molecule has 0 amide bonds. The van der Waals surface area contributed by atoms with Crippen molar-refractivity contribution in [2.45, 2.75) is 24.9 Å². The molecule has 2 N–H and O–H groups in total. The van der Waals surface area contributed by atoms with E-state index in [0.717, 1.165) is 45.6 Å². The van der Waals surface area contributed by atoms with Gasteiger partial charge in [0.25, 0.3) is 0 Å². The molecular weight excluding hydrogens is 190 g/mol. The summed E-state index contributed by atoms with van der Waals surface area (Å²) in [6.07, 6.45) is 3.21. The van der Waals surface area contributed by atoms with Gasteiger partial charge >= 0.3 is 0 Å². The molecule has 0 aromatic carbocycles. The van der Waals surface area contributed by atoms with E-state index in [1.807, 2.05) is 0 Å². The zero-order valence-electron chi connectivity index (χ0n) is 7.83. The number of hydrogen-bond acceptors (Lipinski definition) is 3. The summed E-state index contributed by atoms with van der Waals surface area (Å²) >= 11 is 0. The van der Waals surface area contributed by atoms with Gasteiger partial charge in [-0.2, -0.15) is 0 Å². The molecule has 2 fully saturated rings. The molecule has 2 heterocycles. The minimum atomic E-state index is 0. The van der Waals surface area contributed by atoms with Gasteiger partial charge in [-0.25, -0.2) is 0 Å². The van der Waals surface area contributed by atoms with Crippen LogP contribution in [0, 0.1) is 5.92 Å². The topological polar surface area (TPSA) is 44.5 Å². The summed E-state index contributed by atoms with van der Waals surface area (Å²) in [6, 6.07) is 0. The van der Waals surface area contributed by atoms with Crippen molar-refractivity contribution in [3.8, 4) is 0 Å². The number of nitrogens with two attached hydrogens (primary N) is 1. The van der Waals surface area contributed by atoms with Crippen LogP contribution in [-0.2, 0) is 9.47 Å². The van der Waals surface area contributed by atoms with Crippen molar-refractivity contribution in [2.24, 2.45) is 11.7 Å². The molecule has 0 bridgehead atoms. The van der Waals surface area contributed by atoms with Gasteiger partial charge in [0, 0.05) is 38.6 Å². The van der Waals surface area contributed by atoms with E-state index < -0.39 is 0 Å². The first-order chi connectivity index (χ1) is 5.87. The average molecular weight is 208 g/mol. The van der Waals surface area contributed by atoms with Crippen LogP contribution in [0.3, 0.4) is 0 Å². The molecule has 0 aromatic heterocycles. The number of rotatable bonds is 1. The lowest BCUT2D eigenvalue weighted by Crippen LogP contribution is -2.43. The Morgan fingerprint density at radius 3 is 2.54 bits per heavy atom. The van der Waals surface area contributed by atoms with E-state index in [0.29, 0.717) is 5.92 Å². The van der Waals surface area contributed by atoms with Gasteiger partial charge < -0.3 is 15.2 Å². The molecule has 1 spiro atoms. The highest BCUT2D eigenvalue weighted by molar-refractivity contribution is 5.85. The van der Waals surface area contributed by atoms with E-state index in [2.05, 4.69) is 0 Å². The van der Waals surface area contributed by atoms with Crippen LogP contribution in [0.1, 0.15) is 19.3 Å². The predicted molar refractivity (Wildman–Crippen MR) is 53.1 cm³/mol. The molecule has 0 aromatic rings. The van der Waals surface area contributed by atoms with Gasteiger partial charge in [0.05, 0.1) is 5.60 Å². The Kier molecular flexibility index (Phi) is 3.98. The summed E-state index contributed by atoms with van der Waals surface area (Å²) in [7, 11) is 0. The molecule has 2 saturated heterocycles. The molecule has 13 heavy (non-hydrogen) atoms. The highest BCUT2D eigenvalue weighted by Gasteiger charge is 2.44. The zero-order chi connectivity index (χ0) is 8.44. The van der Waals surface area contributed by atoms with Crippen LogP contribution >= 0.6 is 12.4 Å². The van der Waals surface area contributed by atoms with Crippen LogP contribution in [-0.4, -0.2) is 32.0 Å². The third-order valence-corrected chi connectivity index (χ3v) is 3.22. The monoisotopic (exact) mass is 207 g/mol. The van der Waals surface area contributed by atoms with Gasteiger partial charge in [-0.1, -0.05) is 0 Å². The fourth-order valence-corrected chi connectivity index (χ4v) is 2.39. The SMILES string of the molecule is Cl.NCC1CCOC12CCOCC2. The quantitative estimate of drug-likeness (QED) is 0.697. The molecule has 1 atom stereocenters. The first kappa shape index (κ1) is 11.2. The van der Waals surface area contributed by atoms with Crippen molar-refractivity contribution in [3.63, 3.8) is 0 Å². The molecule has 2 aliphatic rings. The van der Waals surface area contributed by atoms with Gasteiger partial charge in [0.15, 0.2) is 0 Å². The van der Waals surface area contributed by atoms with Crippen molar-refractivity contribution in [3.05, 3.63) is 0 Å². The predicted octanol–water partition coefficient (Wildman–Crippen LogP) is 0.953. The minimum absolute atomic E-state index is 0. The lowest BCUT2D eigenvalue weighted by molar-refractivity contribution is -0.0958. The van der Waals surface area contributed by atoms with Crippen molar-refractivity contribution < 1.29 is 9.47 Å². The highest BCUT2D eigenvalue weighted by Crippen LogP contribution is 2.39. The van der Waals surface area contributed by atoms with Crippen LogP contribution in [0.4, 0.5) is 0 Å². The molecule has 0 saturated carbocycles. The highest BCUT2D eigenvalue weighted by atomic mass is 35.5. The Hall–Kier alpha value is 0.170. The third-order valence-electron chi connectivity index (χ3n) is 3.22. The molecule has 2 aliphatic heterocycles. The van der Waals surface area contributed by atoms with Gasteiger partial charge in [-0.3, -0.25) is 0 Å². The smallest absolute Gasteiger partial charge is 0.0767 e. The van der Waals surface area contributed by atoms with E-state index in [1.165, 1.54) is 0 Å². The van der Waals surface area contributed by atoms with E-state index >= 15 is 0 Å². The number of hydrogen-bond donors (Lipinski definition) is 1. The van der Waals surface area contributed by atoms with Crippen molar-refractivity contribution in [1.29, 1.82) is 0 Å². The molecule has 4 heteroatoms. The van der Waals surface area contributed by atoms with Crippen LogP contribution in [0.15, 0.2) is 0 Å². The third kappa shape index (κ3) is 1.99. The van der Waals surface area contributed by atoms with Crippen molar-refractivity contribution in [2.75, 3.05) is 26.4 Å². The molecule has 0 aliphatic carbocycles. The van der Waals surface area contributed by atoms with E-state index in [-0.39, 0.29) is 18.0 Å². The standard InChI is InChI=1S/C9H17NO2.ClH/c10-7-8-1-4-12-9(8)2-5-11-6-3-9;/h8H,1-7,10H2;1H. The maximum Gasteiger partial charge on any atom is 0.0767 e. The average Bonchev–Trinajstić information content (AvgIpc) is 2.49. The van der Waals surface area contributed by atoms with Gasteiger partial charge in [0.1, 0.15) is 0 Å². The number of halogens is 1. The second-order valence-corrected chi connectivity index (χ2v) is 3.75. The van der Waals surface area contributed by atoms with Crippen molar-refractivity contribution >= 4 is 12.4 Å². The molecular formula is C9H18ClNO2. The summed E-state index contributed by atoms with van der Waals surface area (Å²) < 4.78 is 11.2. The molecule has 78 valence electrons. The minimum Gasteiger partial charge on any atom is -0.381 e. The summed E-state index contributed by atoms with van der Waals surface area (Å²) in [5.41, 5.74) is 5.81. The molecule has 1 unspecified atom stereocenters. The Balaban J connectivity index is 0.000000845. The summed E-state index contributed by atoms with van der Waals surface area (Å²) in [5.74, 6) is 0.571. The second kappa shape index (κ2) is 4.60. The van der Waals surface area contributed by atoms with Crippen LogP contribution < -0.4 is 5.73 Å². The first-order valence-corrected chi connectivity index (χ1v) is 4.79. The van der Waals surface area contributed by atoms with Crippen molar-refractivity contribution in [1.82, 2.24) is 0 Å². The Bertz CT molecular complexity index is 160. The lowest BCUT2D eigenvalue weighted by Gasteiger charge is -2.37. The zero-order valence-corrected chi connectivity index (χ0v) is 8.65. The van der Waals surface area contributed by atoms with Gasteiger partial charge in [0.2, 0.25) is 0 Å². The molecule has 0 radical (unpaired) electrons. The molecule has 2 rings (SSSR count). The second-order valence-electron chi connectivity index (χ2n) is 3.75. The largest absolute Gasteiger partial charge is 0.381 e. The normalized spacial score (nSPS) is 31.6. The summed E-state index contributed by atoms with van der Waals surface area (Å²) in [6.45, 7) is 3.34. The lowest BCUT2D eigenvalue weighted by atomic mass is 9.81.